The quantitative estimate of drug-likeness (QED) is 0.220. The summed E-state index contributed by atoms with van der Waals surface area (Å²) in [5.41, 5.74) is 5.24. The van der Waals surface area contributed by atoms with Crippen molar-refractivity contribution in [2.45, 2.75) is 109 Å². The highest BCUT2D eigenvalue weighted by molar-refractivity contribution is 5.95. The maximum absolute atomic E-state index is 14.5. The number of hydrogen-bond acceptors (Lipinski definition) is 7. The molecular formula is C36H46N4O7. The molecule has 4 N–H and O–H groups in total. The van der Waals surface area contributed by atoms with Crippen LogP contribution in [0.4, 0.5) is 4.79 Å². The second-order valence-electron chi connectivity index (χ2n) is 13.6. The van der Waals surface area contributed by atoms with E-state index in [1.165, 1.54) is 4.90 Å². The Bertz CT molecular complexity index is 1480. The number of hydrogen-bond donors (Lipinski definition) is 3. The summed E-state index contributed by atoms with van der Waals surface area (Å²) in [5.74, 6) is 0.00325. The number of ether oxygens (including phenoxy) is 2. The zero-order chi connectivity index (χ0) is 34.9. The van der Waals surface area contributed by atoms with Gasteiger partial charge in [-0.1, -0.05) is 54.5 Å². The molecule has 2 aromatic carbocycles. The van der Waals surface area contributed by atoms with Crippen molar-refractivity contribution in [3.63, 3.8) is 0 Å². The summed E-state index contributed by atoms with van der Waals surface area (Å²) in [6, 6.07) is 11.9. The first-order chi connectivity index (χ1) is 22.0. The van der Waals surface area contributed by atoms with E-state index >= 15 is 0 Å². The van der Waals surface area contributed by atoms with Crippen molar-refractivity contribution < 1.29 is 33.4 Å². The molecule has 47 heavy (non-hydrogen) atoms. The molecule has 0 radical (unpaired) electrons. The van der Waals surface area contributed by atoms with E-state index < -0.39 is 59.1 Å². The van der Waals surface area contributed by atoms with Crippen molar-refractivity contribution in [3.05, 3.63) is 71.3 Å². The van der Waals surface area contributed by atoms with E-state index in [0.717, 1.165) is 5.56 Å². The van der Waals surface area contributed by atoms with E-state index in [9.17, 15) is 24.0 Å². The molecule has 2 aromatic rings. The number of carbonyl (C=O) groups is 5. The van der Waals surface area contributed by atoms with E-state index in [1.54, 1.807) is 65.8 Å². The Balaban J connectivity index is 2.08. The van der Waals surface area contributed by atoms with Crippen molar-refractivity contribution >= 4 is 29.8 Å². The fraction of sp³-hybridized carbons (Fsp3) is 0.472. The van der Waals surface area contributed by atoms with E-state index in [-0.39, 0.29) is 25.3 Å². The Morgan fingerprint density at radius 1 is 0.894 bits per heavy atom. The van der Waals surface area contributed by atoms with Gasteiger partial charge in [0.1, 0.15) is 29.3 Å². The van der Waals surface area contributed by atoms with Crippen LogP contribution in [-0.4, -0.2) is 64.0 Å². The molecule has 0 saturated heterocycles. The van der Waals surface area contributed by atoms with Gasteiger partial charge in [-0.25, -0.2) is 9.59 Å². The average Bonchev–Trinajstić information content (AvgIpc) is 3.81. The smallest absolute Gasteiger partial charge is 0.408 e. The van der Waals surface area contributed by atoms with Gasteiger partial charge in [-0.15, -0.1) is 6.42 Å². The minimum Gasteiger partial charge on any atom is -0.458 e. The molecule has 4 amide bonds. The highest BCUT2D eigenvalue weighted by Crippen LogP contribution is 2.37. The van der Waals surface area contributed by atoms with E-state index in [2.05, 4.69) is 16.6 Å². The van der Waals surface area contributed by atoms with Crippen LogP contribution in [-0.2, 0) is 35.1 Å². The number of primary amides is 1. The summed E-state index contributed by atoms with van der Waals surface area (Å²) in [6.07, 6.45) is 5.96. The Kier molecular flexibility index (Phi) is 12.2. The van der Waals surface area contributed by atoms with Gasteiger partial charge < -0.3 is 30.7 Å². The zero-order valence-corrected chi connectivity index (χ0v) is 28.0. The maximum atomic E-state index is 14.5. The lowest BCUT2D eigenvalue weighted by molar-refractivity contribution is -0.159. The van der Waals surface area contributed by atoms with Crippen molar-refractivity contribution in [2.75, 3.05) is 0 Å². The van der Waals surface area contributed by atoms with Gasteiger partial charge in [0.25, 0.3) is 0 Å². The largest absolute Gasteiger partial charge is 0.458 e. The first-order valence-electron chi connectivity index (χ1n) is 15.7. The van der Waals surface area contributed by atoms with Crippen LogP contribution in [0.5, 0.6) is 0 Å². The molecule has 11 heteroatoms. The minimum absolute atomic E-state index is 0.129. The molecule has 1 fully saturated rings. The summed E-state index contributed by atoms with van der Waals surface area (Å²) in [6.45, 7) is 10.2. The van der Waals surface area contributed by atoms with Gasteiger partial charge in [-0.2, -0.15) is 0 Å². The second kappa shape index (κ2) is 15.6. The average molecular weight is 647 g/mol. The van der Waals surface area contributed by atoms with Gasteiger partial charge in [-0.05, 0) is 78.0 Å². The Morgan fingerprint density at radius 2 is 1.49 bits per heavy atom. The molecule has 0 aliphatic heterocycles. The predicted molar refractivity (Wildman–Crippen MR) is 176 cm³/mol. The van der Waals surface area contributed by atoms with Crippen LogP contribution in [0.15, 0.2) is 54.6 Å². The second-order valence-corrected chi connectivity index (χ2v) is 13.6. The van der Waals surface area contributed by atoms with E-state index in [4.69, 9.17) is 21.6 Å². The first kappa shape index (κ1) is 36.6. The molecule has 3 rings (SSSR count). The normalized spacial score (nSPS) is 14.8. The summed E-state index contributed by atoms with van der Waals surface area (Å²) >= 11 is 0. The third-order valence-electron chi connectivity index (χ3n) is 7.09. The lowest BCUT2D eigenvalue weighted by atomic mass is 9.96. The van der Waals surface area contributed by atoms with Crippen LogP contribution in [0.3, 0.4) is 0 Å². The monoisotopic (exact) mass is 646 g/mol. The molecule has 252 valence electrons. The Labute approximate surface area is 276 Å². The SMILES string of the molecule is C#Cc1ccccc1C(C(=O)NC(Cc1ccccc1)C(=O)OC(C)(C)C)N(C(=O)C(CCC(N)=O)NC(=O)OC(C)(C)C)C1CC1. The number of nitrogens with one attached hydrogen (secondary N) is 2. The fourth-order valence-corrected chi connectivity index (χ4v) is 5.00. The minimum atomic E-state index is -1.29. The Morgan fingerprint density at radius 3 is 2.04 bits per heavy atom. The van der Waals surface area contributed by atoms with Crippen LogP contribution < -0.4 is 16.4 Å². The van der Waals surface area contributed by atoms with Gasteiger partial charge >= 0.3 is 12.1 Å². The highest BCUT2D eigenvalue weighted by atomic mass is 16.6. The van der Waals surface area contributed by atoms with Crippen LogP contribution in [0, 0.1) is 12.3 Å². The van der Waals surface area contributed by atoms with Gasteiger partial charge in [0.2, 0.25) is 17.7 Å². The van der Waals surface area contributed by atoms with Crippen LogP contribution in [0.2, 0.25) is 0 Å². The molecular weight excluding hydrogens is 600 g/mol. The number of amides is 4. The topological polar surface area (TPSA) is 157 Å². The Hall–Kier alpha value is -4.85. The number of nitrogens with zero attached hydrogens (tertiary/aromatic N) is 1. The number of rotatable bonds is 13. The van der Waals surface area contributed by atoms with Crippen molar-refractivity contribution in [3.8, 4) is 12.3 Å². The number of esters is 1. The molecule has 3 unspecified atom stereocenters. The summed E-state index contributed by atoms with van der Waals surface area (Å²) < 4.78 is 11.1. The molecule has 0 spiro atoms. The molecule has 1 aliphatic carbocycles. The number of nitrogens with two attached hydrogens (primary N) is 1. The number of carbonyl (C=O) groups excluding carboxylic acids is 5. The van der Waals surface area contributed by atoms with Gasteiger partial charge in [0.15, 0.2) is 0 Å². The van der Waals surface area contributed by atoms with Crippen LogP contribution in [0.1, 0.15) is 90.0 Å². The molecule has 11 nitrogen and oxygen atoms in total. The maximum Gasteiger partial charge on any atom is 0.408 e. The van der Waals surface area contributed by atoms with E-state index in [0.29, 0.717) is 24.0 Å². The molecule has 0 aromatic heterocycles. The summed E-state index contributed by atoms with van der Waals surface area (Å²) in [4.78, 5) is 68.4. The van der Waals surface area contributed by atoms with Crippen molar-refractivity contribution in [1.82, 2.24) is 15.5 Å². The number of alkyl carbamates (subject to hydrolysis) is 1. The standard InChI is InChI=1S/C36H46N4O7/c1-8-24-16-12-13-17-26(24)30(31(42)38-28(33(44)46-35(2,3)4)22-23-14-10-9-11-15-23)40(25-18-19-25)32(43)27(20-21-29(37)41)39-34(45)47-36(5,6)7/h1,9-17,25,27-28,30H,18-22H2,2-7H3,(H2,37,41)(H,38,42)(H,39,45). The van der Waals surface area contributed by atoms with E-state index in [1.807, 2.05) is 30.3 Å². The molecule has 0 heterocycles. The third-order valence-corrected chi connectivity index (χ3v) is 7.09. The van der Waals surface area contributed by atoms with Gasteiger partial charge in [-0.3, -0.25) is 14.4 Å². The summed E-state index contributed by atoms with van der Waals surface area (Å²) in [7, 11) is 0. The first-order valence-corrected chi connectivity index (χ1v) is 15.7. The summed E-state index contributed by atoms with van der Waals surface area (Å²) in [5, 5.41) is 5.43. The zero-order valence-electron chi connectivity index (χ0n) is 28.0. The highest BCUT2D eigenvalue weighted by Gasteiger charge is 2.45. The molecule has 0 bridgehead atoms. The molecule has 3 atom stereocenters. The number of terminal acetylenes is 1. The predicted octanol–water partition coefficient (Wildman–Crippen LogP) is 3.93. The fourth-order valence-electron chi connectivity index (χ4n) is 5.00. The lowest BCUT2D eigenvalue weighted by Gasteiger charge is -2.36. The molecule has 1 saturated carbocycles. The van der Waals surface area contributed by atoms with Crippen LogP contribution in [0.25, 0.3) is 0 Å². The molecule has 1 aliphatic rings. The van der Waals surface area contributed by atoms with Gasteiger partial charge in [0.05, 0.1) is 0 Å². The van der Waals surface area contributed by atoms with Crippen molar-refractivity contribution in [1.29, 1.82) is 0 Å². The third kappa shape index (κ3) is 11.5. The lowest BCUT2D eigenvalue weighted by Crippen LogP contribution is -2.55. The van der Waals surface area contributed by atoms with Crippen molar-refractivity contribution in [2.24, 2.45) is 5.73 Å². The van der Waals surface area contributed by atoms with Gasteiger partial charge in [0, 0.05) is 24.4 Å². The van der Waals surface area contributed by atoms with Crippen LogP contribution >= 0.6 is 0 Å². The number of benzene rings is 2.